The molecule has 0 aromatic carbocycles. The number of hydrogen-bond acceptors (Lipinski definition) is 3. The molecule has 0 unspecified atom stereocenters. The first-order valence-corrected chi connectivity index (χ1v) is 4.09. The summed E-state index contributed by atoms with van der Waals surface area (Å²) in [6, 6.07) is 0. The Labute approximate surface area is 73.3 Å². The zero-order valence-corrected chi connectivity index (χ0v) is 7.98. The number of carbonyl (C=O) groups is 1. The van der Waals surface area contributed by atoms with E-state index in [4.69, 9.17) is 0 Å². The maximum absolute atomic E-state index is 11.0. The molecule has 0 radical (unpaired) electrons. The van der Waals surface area contributed by atoms with E-state index in [9.17, 15) is 9.90 Å². The molecule has 1 amide bonds. The third kappa shape index (κ3) is 7.50. The molecule has 0 rings (SSSR count). The molecule has 4 nitrogen and oxygen atoms in total. The topological polar surface area (TPSA) is 61.4 Å². The third-order valence-corrected chi connectivity index (χ3v) is 1.32. The van der Waals surface area contributed by atoms with Gasteiger partial charge in [-0.15, -0.1) is 0 Å². The van der Waals surface area contributed by atoms with Crippen LogP contribution in [0.3, 0.4) is 0 Å². The van der Waals surface area contributed by atoms with E-state index in [0.717, 1.165) is 0 Å². The van der Waals surface area contributed by atoms with E-state index in [1.54, 1.807) is 20.9 Å². The average Bonchev–Trinajstić information content (AvgIpc) is 1.95. The van der Waals surface area contributed by atoms with Gasteiger partial charge >= 0.3 is 0 Å². The standard InChI is InChI=1S/C8H18N2O2/c1-8(2,12)6-10-7(11)4-5-9-3/h9,12H,4-6H2,1-3H3,(H,10,11). The highest BCUT2D eigenvalue weighted by atomic mass is 16.3. The Hall–Kier alpha value is -0.610. The molecule has 0 aliphatic carbocycles. The van der Waals surface area contributed by atoms with Crippen LogP contribution in [-0.2, 0) is 4.79 Å². The summed E-state index contributed by atoms with van der Waals surface area (Å²) in [4.78, 5) is 11.0. The van der Waals surface area contributed by atoms with Crippen molar-refractivity contribution >= 4 is 5.91 Å². The molecule has 12 heavy (non-hydrogen) atoms. The number of rotatable bonds is 5. The number of hydrogen-bond donors (Lipinski definition) is 3. The van der Waals surface area contributed by atoms with Crippen molar-refractivity contribution in [2.24, 2.45) is 0 Å². The second-order valence-corrected chi connectivity index (χ2v) is 3.44. The molecule has 3 N–H and O–H groups in total. The van der Waals surface area contributed by atoms with Crippen molar-refractivity contribution in [1.29, 1.82) is 0 Å². The molecule has 72 valence electrons. The van der Waals surface area contributed by atoms with Crippen LogP contribution < -0.4 is 10.6 Å². The van der Waals surface area contributed by atoms with E-state index in [1.807, 2.05) is 0 Å². The molecule has 4 heteroatoms. The SMILES string of the molecule is CNCCC(=O)NCC(C)(C)O. The zero-order valence-electron chi connectivity index (χ0n) is 7.98. The Balaban J connectivity index is 3.44. The normalized spacial score (nSPS) is 11.3. The lowest BCUT2D eigenvalue weighted by Gasteiger charge is -2.17. The molecule has 0 atom stereocenters. The van der Waals surface area contributed by atoms with Gasteiger partial charge < -0.3 is 15.7 Å². The second-order valence-electron chi connectivity index (χ2n) is 3.44. The lowest BCUT2D eigenvalue weighted by atomic mass is 10.1. The molecule has 0 aliphatic rings. The Kier molecular flexibility index (Phi) is 4.85. The van der Waals surface area contributed by atoms with Crippen LogP contribution in [0.1, 0.15) is 20.3 Å². The third-order valence-electron chi connectivity index (χ3n) is 1.32. The van der Waals surface area contributed by atoms with Gasteiger partial charge in [0.15, 0.2) is 0 Å². The van der Waals surface area contributed by atoms with Gasteiger partial charge in [0, 0.05) is 19.5 Å². The molecule has 0 aliphatic heterocycles. The number of carbonyl (C=O) groups excluding carboxylic acids is 1. The van der Waals surface area contributed by atoms with Gasteiger partial charge in [-0.1, -0.05) is 0 Å². The molecule has 0 saturated carbocycles. The molecular formula is C8H18N2O2. The molecule has 0 spiro atoms. The second kappa shape index (κ2) is 5.11. The maximum atomic E-state index is 11.0. The largest absolute Gasteiger partial charge is 0.389 e. The minimum atomic E-state index is -0.824. The summed E-state index contributed by atoms with van der Waals surface area (Å²) in [5.74, 6) is -0.0357. The lowest BCUT2D eigenvalue weighted by molar-refractivity contribution is -0.122. The highest BCUT2D eigenvalue weighted by Gasteiger charge is 2.12. The Morgan fingerprint density at radius 3 is 2.50 bits per heavy atom. The van der Waals surface area contributed by atoms with Crippen LogP contribution >= 0.6 is 0 Å². The first-order chi connectivity index (χ1) is 5.45. The fraction of sp³-hybridized carbons (Fsp3) is 0.875. The van der Waals surface area contributed by atoms with E-state index in [-0.39, 0.29) is 5.91 Å². The van der Waals surface area contributed by atoms with Gasteiger partial charge in [0.05, 0.1) is 5.60 Å². The summed E-state index contributed by atoms with van der Waals surface area (Å²) in [5, 5.41) is 14.8. The van der Waals surface area contributed by atoms with Crippen LogP contribution in [0, 0.1) is 0 Å². The van der Waals surface area contributed by atoms with Gasteiger partial charge in [0.2, 0.25) is 5.91 Å². The van der Waals surface area contributed by atoms with Crippen molar-refractivity contribution in [3.63, 3.8) is 0 Å². The number of amides is 1. The van der Waals surface area contributed by atoms with Crippen LogP contribution in [0.2, 0.25) is 0 Å². The van der Waals surface area contributed by atoms with Crippen molar-refractivity contribution in [3.8, 4) is 0 Å². The smallest absolute Gasteiger partial charge is 0.221 e. The summed E-state index contributed by atoms with van der Waals surface area (Å²) in [6.07, 6.45) is 0.451. The van der Waals surface area contributed by atoms with Crippen molar-refractivity contribution < 1.29 is 9.90 Å². The first kappa shape index (κ1) is 11.4. The molecule has 0 fully saturated rings. The Bertz CT molecular complexity index is 140. The predicted molar refractivity (Wildman–Crippen MR) is 47.9 cm³/mol. The molecule has 0 aromatic rings. The monoisotopic (exact) mass is 174 g/mol. The molecular weight excluding hydrogens is 156 g/mol. The summed E-state index contributed by atoms with van der Waals surface area (Å²) in [5.41, 5.74) is -0.824. The van der Waals surface area contributed by atoms with E-state index >= 15 is 0 Å². The van der Waals surface area contributed by atoms with Gasteiger partial charge in [-0.05, 0) is 20.9 Å². The van der Waals surface area contributed by atoms with Crippen molar-refractivity contribution in [2.45, 2.75) is 25.9 Å². The Morgan fingerprint density at radius 1 is 1.50 bits per heavy atom. The average molecular weight is 174 g/mol. The van der Waals surface area contributed by atoms with Gasteiger partial charge in [0.25, 0.3) is 0 Å². The molecule has 0 saturated heterocycles. The minimum Gasteiger partial charge on any atom is -0.389 e. The van der Waals surface area contributed by atoms with Gasteiger partial charge in [-0.2, -0.15) is 0 Å². The van der Waals surface area contributed by atoms with Crippen LogP contribution in [-0.4, -0.2) is 36.8 Å². The number of aliphatic hydroxyl groups is 1. The van der Waals surface area contributed by atoms with Gasteiger partial charge in [0.1, 0.15) is 0 Å². The first-order valence-electron chi connectivity index (χ1n) is 4.09. The van der Waals surface area contributed by atoms with Gasteiger partial charge in [-0.3, -0.25) is 4.79 Å². The predicted octanol–water partition coefficient (Wildman–Crippen LogP) is -0.517. The van der Waals surface area contributed by atoms with Crippen molar-refractivity contribution in [3.05, 3.63) is 0 Å². The van der Waals surface area contributed by atoms with E-state index < -0.39 is 5.60 Å². The Morgan fingerprint density at radius 2 is 2.08 bits per heavy atom. The zero-order chi connectivity index (χ0) is 9.61. The van der Waals surface area contributed by atoms with Crippen LogP contribution in [0.4, 0.5) is 0 Å². The summed E-state index contributed by atoms with van der Waals surface area (Å²) < 4.78 is 0. The van der Waals surface area contributed by atoms with Gasteiger partial charge in [-0.25, -0.2) is 0 Å². The van der Waals surface area contributed by atoms with Crippen molar-refractivity contribution in [1.82, 2.24) is 10.6 Å². The fourth-order valence-electron chi connectivity index (χ4n) is 0.642. The maximum Gasteiger partial charge on any atom is 0.221 e. The number of nitrogens with one attached hydrogen (secondary N) is 2. The fourth-order valence-corrected chi connectivity index (χ4v) is 0.642. The summed E-state index contributed by atoms with van der Waals surface area (Å²) >= 11 is 0. The summed E-state index contributed by atoms with van der Waals surface area (Å²) in [6.45, 7) is 4.28. The minimum absolute atomic E-state index is 0.0357. The molecule has 0 bridgehead atoms. The highest BCUT2D eigenvalue weighted by molar-refractivity contribution is 5.76. The van der Waals surface area contributed by atoms with E-state index in [0.29, 0.717) is 19.5 Å². The molecule has 0 heterocycles. The van der Waals surface area contributed by atoms with E-state index in [2.05, 4.69) is 10.6 Å². The van der Waals surface area contributed by atoms with E-state index in [1.165, 1.54) is 0 Å². The lowest BCUT2D eigenvalue weighted by Crippen LogP contribution is -2.38. The van der Waals surface area contributed by atoms with Crippen LogP contribution in [0.15, 0.2) is 0 Å². The van der Waals surface area contributed by atoms with Crippen LogP contribution in [0.25, 0.3) is 0 Å². The quantitative estimate of drug-likeness (QED) is 0.526. The van der Waals surface area contributed by atoms with Crippen LogP contribution in [0.5, 0.6) is 0 Å². The summed E-state index contributed by atoms with van der Waals surface area (Å²) in [7, 11) is 1.79. The highest BCUT2D eigenvalue weighted by Crippen LogP contribution is 1.96. The molecule has 0 aromatic heterocycles. The van der Waals surface area contributed by atoms with Crippen molar-refractivity contribution in [2.75, 3.05) is 20.1 Å².